The average molecular weight is 331 g/mol. The first-order valence-corrected chi connectivity index (χ1v) is 7.40. The fourth-order valence-corrected chi connectivity index (χ4v) is 2.37. The van der Waals surface area contributed by atoms with E-state index in [1.807, 2.05) is 31.4 Å². The number of hydrogen-bond donors (Lipinski definition) is 1. The molecule has 1 N–H and O–H groups in total. The molecule has 118 valence electrons. The predicted octanol–water partition coefficient (Wildman–Crippen LogP) is 2.89. The van der Waals surface area contributed by atoms with Crippen LogP contribution in [0.25, 0.3) is 0 Å². The highest BCUT2D eigenvalue weighted by Crippen LogP contribution is 2.23. The second kappa shape index (κ2) is 6.26. The molecule has 2 heterocycles. The number of aromatic nitrogens is 3. The Bertz CT molecular complexity index is 823. The van der Waals surface area contributed by atoms with E-state index in [4.69, 9.17) is 16.1 Å². The van der Waals surface area contributed by atoms with Crippen molar-refractivity contribution in [3.8, 4) is 0 Å². The lowest BCUT2D eigenvalue weighted by atomic mass is 10.0. The van der Waals surface area contributed by atoms with Gasteiger partial charge in [0, 0.05) is 24.3 Å². The van der Waals surface area contributed by atoms with Crippen molar-refractivity contribution < 1.29 is 9.32 Å². The van der Waals surface area contributed by atoms with E-state index < -0.39 is 6.04 Å². The molecule has 0 spiro atoms. The van der Waals surface area contributed by atoms with Gasteiger partial charge >= 0.3 is 0 Å². The van der Waals surface area contributed by atoms with Crippen molar-refractivity contribution in [3.05, 3.63) is 70.3 Å². The van der Waals surface area contributed by atoms with E-state index in [9.17, 15) is 4.79 Å². The number of aryl methyl sites for hydroxylation is 2. The van der Waals surface area contributed by atoms with Crippen molar-refractivity contribution in [2.24, 2.45) is 7.05 Å². The summed E-state index contributed by atoms with van der Waals surface area (Å²) < 4.78 is 6.70. The van der Waals surface area contributed by atoms with Gasteiger partial charge in [-0.1, -0.05) is 28.9 Å². The summed E-state index contributed by atoms with van der Waals surface area (Å²) in [5, 5.41) is 11.7. The molecule has 0 aliphatic rings. The van der Waals surface area contributed by atoms with Crippen molar-refractivity contribution in [2.45, 2.75) is 13.0 Å². The van der Waals surface area contributed by atoms with Crippen LogP contribution in [-0.4, -0.2) is 20.8 Å². The molecule has 1 atom stereocenters. The summed E-state index contributed by atoms with van der Waals surface area (Å²) >= 11 is 5.94. The molecule has 6 nitrogen and oxygen atoms in total. The highest BCUT2D eigenvalue weighted by molar-refractivity contribution is 6.30. The molecular formula is C16H15ClN4O2. The lowest BCUT2D eigenvalue weighted by Gasteiger charge is -2.16. The highest BCUT2D eigenvalue weighted by atomic mass is 35.5. The summed E-state index contributed by atoms with van der Waals surface area (Å²) in [7, 11) is 1.82. The number of carbonyl (C=O) groups is 1. The Kier molecular flexibility index (Phi) is 4.16. The number of benzene rings is 1. The van der Waals surface area contributed by atoms with E-state index in [-0.39, 0.29) is 11.7 Å². The van der Waals surface area contributed by atoms with Crippen LogP contribution in [0.3, 0.4) is 0 Å². The van der Waals surface area contributed by atoms with Gasteiger partial charge in [-0.2, -0.15) is 5.10 Å². The van der Waals surface area contributed by atoms with Gasteiger partial charge in [-0.3, -0.25) is 9.48 Å². The first-order chi connectivity index (χ1) is 11.0. The maximum absolute atomic E-state index is 12.4. The molecule has 23 heavy (non-hydrogen) atoms. The van der Waals surface area contributed by atoms with Crippen LogP contribution in [0.4, 0.5) is 0 Å². The number of hydrogen-bond acceptors (Lipinski definition) is 4. The van der Waals surface area contributed by atoms with E-state index in [0.717, 1.165) is 11.3 Å². The second-order valence-corrected chi connectivity index (χ2v) is 5.64. The van der Waals surface area contributed by atoms with E-state index in [1.165, 1.54) is 0 Å². The number of nitrogens with one attached hydrogen (secondary N) is 1. The molecule has 0 fully saturated rings. The SMILES string of the molecule is Cc1cc(C(=O)N[C@@H](c2ccc(Cl)cc2)c2ccn(C)n2)on1. The Labute approximate surface area is 138 Å². The Morgan fingerprint density at radius 3 is 2.61 bits per heavy atom. The fourth-order valence-electron chi connectivity index (χ4n) is 2.24. The molecule has 0 unspecified atom stereocenters. The van der Waals surface area contributed by atoms with Gasteiger partial charge in [0.05, 0.1) is 17.4 Å². The van der Waals surface area contributed by atoms with Gasteiger partial charge in [0.2, 0.25) is 5.76 Å². The lowest BCUT2D eigenvalue weighted by Crippen LogP contribution is -2.29. The zero-order chi connectivity index (χ0) is 16.4. The van der Waals surface area contributed by atoms with Gasteiger partial charge in [0.15, 0.2) is 0 Å². The van der Waals surface area contributed by atoms with Crippen LogP contribution in [0.2, 0.25) is 5.02 Å². The molecule has 0 saturated heterocycles. The number of halogens is 1. The van der Waals surface area contributed by atoms with Gasteiger partial charge < -0.3 is 9.84 Å². The number of rotatable bonds is 4. The maximum atomic E-state index is 12.4. The molecule has 7 heteroatoms. The molecule has 2 aromatic heterocycles. The summed E-state index contributed by atoms with van der Waals surface area (Å²) in [4.78, 5) is 12.4. The van der Waals surface area contributed by atoms with Gasteiger partial charge in [0.25, 0.3) is 5.91 Å². The van der Waals surface area contributed by atoms with Crippen LogP contribution in [0.1, 0.15) is 33.5 Å². The minimum atomic E-state index is -0.411. The molecule has 0 aliphatic carbocycles. The highest BCUT2D eigenvalue weighted by Gasteiger charge is 2.22. The Balaban J connectivity index is 1.92. The number of amides is 1. The van der Waals surface area contributed by atoms with Gasteiger partial charge in [-0.05, 0) is 30.7 Å². The molecule has 1 amide bonds. The molecule has 3 aromatic rings. The van der Waals surface area contributed by atoms with Gasteiger partial charge in [-0.15, -0.1) is 0 Å². The van der Waals surface area contributed by atoms with Gasteiger partial charge in [0.1, 0.15) is 0 Å². The Hall–Kier alpha value is -2.60. The first-order valence-electron chi connectivity index (χ1n) is 7.02. The minimum Gasteiger partial charge on any atom is -0.351 e. The predicted molar refractivity (Wildman–Crippen MR) is 85.2 cm³/mol. The number of nitrogens with zero attached hydrogens (tertiary/aromatic N) is 3. The number of carbonyl (C=O) groups excluding carboxylic acids is 1. The summed E-state index contributed by atoms with van der Waals surface area (Å²) in [5.41, 5.74) is 2.24. The standard InChI is InChI=1S/C16H15ClN4O2/c1-10-9-14(23-20-10)16(22)18-15(13-7-8-21(2)19-13)11-3-5-12(17)6-4-11/h3-9,15H,1-2H3,(H,18,22)/t15-/m0/s1. The molecule has 0 saturated carbocycles. The van der Waals surface area contributed by atoms with Crippen molar-refractivity contribution in [3.63, 3.8) is 0 Å². The second-order valence-electron chi connectivity index (χ2n) is 5.20. The third-order valence-corrected chi connectivity index (χ3v) is 3.61. The first kappa shape index (κ1) is 15.3. The molecule has 0 radical (unpaired) electrons. The average Bonchev–Trinajstić information content (AvgIpc) is 3.14. The monoisotopic (exact) mass is 330 g/mol. The molecule has 0 bridgehead atoms. The zero-order valence-electron chi connectivity index (χ0n) is 12.7. The van der Waals surface area contributed by atoms with Crippen molar-refractivity contribution in [1.82, 2.24) is 20.3 Å². The van der Waals surface area contributed by atoms with Crippen molar-refractivity contribution >= 4 is 17.5 Å². The topological polar surface area (TPSA) is 73.0 Å². The molecular weight excluding hydrogens is 316 g/mol. The third-order valence-electron chi connectivity index (χ3n) is 3.36. The van der Waals surface area contributed by atoms with E-state index in [2.05, 4.69) is 15.6 Å². The van der Waals surface area contributed by atoms with Crippen molar-refractivity contribution in [2.75, 3.05) is 0 Å². The van der Waals surface area contributed by atoms with Crippen LogP contribution in [-0.2, 0) is 7.05 Å². The molecule has 0 aliphatic heterocycles. The van der Waals surface area contributed by atoms with Crippen LogP contribution in [0.5, 0.6) is 0 Å². The third kappa shape index (κ3) is 3.43. The van der Waals surface area contributed by atoms with Gasteiger partial charge in [-0.25, -0.2) is 0 Å². The normalized spacial score (nSPS) is 12.1. The Morgan fingerprint density at radius 2 is 2.04 bits per heavy atom. The minimum absolute atomic E-state index is 0.164. The summed E-state index contributed by atoms with van der Waals surface area (Å²) in [6.07, 6.45) is 1.82. The zero-order valence-corrected chi connectivity index (χ0v) is 13.4. The van der Waals surface area contributed by atoms with Crippen molar-refractivity contribution in [1.29, 1.82) is 0 Å². The smallest absolute Gasteiger partial charge is 0.290 e. The molecule has 3 rings (SSSR count). The van der Waals surface area contributed by atoms with E-state index in [0.29, 0.717) is 10.7 Å². The van der Waals surface area contributed by atoms with E-state index in [1.54, 1.807) is 29.8 Å². The molecule has 1 aromatic carbocycles. The van der Waals surface area contributed by atoms with Crippen LogP contribution in [0, 0.1) is 6.92 Å². The van der Waals surface area contributed by atoms with Crippen LogP contribution >= 0.6 is 11.6 Å². The summed E-state index contributed by atoms with van der Waals surface area (Å²) in [6.45, 7) is 1.76. The quantitative estimate of drug-likeness (QED) is 0.798. The summed E-state index contributed by atoms with van der Waals surface area (Å²) in [6, 6.07) is 10.3. The fraction of sp³-hybridized carbons (Fsp3) is 0.188. The van der Waals surface area contributed by atoms with Crippen LogP contribution < -0.4 is 5.32 Å². The largest absolute Gasteiger partial charge is 0.351 e. The van der Waals surface area contributed by atoms with Crippen LogP contribution in [0.15, 0.2) is 47.1 Å². The lowest BCUT2D eigenvalue weighted by molar-refractivity contribution is 0.0905. The summed E-state index contributed by atoms with van der Waals surface area (Å²) in [5.74, 6) is -0.186. The maximum Gasteiger partial charge on any atom is 0.290 e. The van der Waals surface area contributed by atoms with E-state index >= 15 is 0 Å². The Morgan fingerprint density at radius 1 is 1.30 bits per heavy atom.